The lowest BCUT2D eigenvalue weighted by Gasteiger charge is -2.39. The first-order chi connectivity index (χ1) is 12.7. The van der Waals surface area contributed by atoms with Crippen LogP contribution in [-0.2, 0) is 0 Å². The highest BCUT2D eigenvalue weighted by molar-refractivity contribution is 5.75. The number of hydrogen-bond donors (Lipinski definition) is 1. The lowest BCUT2D eigenvalue weighted by molar-refractivity contribution is 0.144. The summed E-state index contributed by atoms with van der Waals surface area (Å²) in [5.74, 6) is 1.99. The molecule has 2 aromatic rings. The molecule has 2 aliphatic heterocycles. The molecule has 4 heterocycles. The molecule has 9 heteroatoms. The second-order valence-electron chi connectivity index (χ2n) is 6.55. The highest BCUT2D eigenvalue weighted by atomic mass is 16.5. The Kier molecular flexibility index (Phi) is 4.70. The van der Waals surface area contributed by atoms with E-state index in [1.54, 1.807) is 13.1 Å². The smallest absolute Gasteiger partial charge is 0.320 e. The molecule has 0 aliphatic carbocycles. The number of nitrogens with one attached hydrogen (secondary N) is 1. The number of nitrogens with zero attached hydrogens (tertiary/aromatic N) is 6. The zero-order valence-corrected chi connectivity index (χ0v) is 14.9. The second-order valence-corrected chi connectivity index (χ2v) is 6.55. The van der Waals surface area contributed by atoms with Crippen LogP contribution in [0.1, 0.15) is 5.82 Å². The van der Waals surface area contributed by atoms with E-state index in [1.165, 1.54) is 0 Å². The third-order valence-electron chi connectivity index (χ3n) is 4.78. The Balaban J connectivity index is 1.35. The number of carbonyl (C=O) groups excluding carboxylic acids is 1. The van der Waals surface area contributed by atoms with E-state index >= 15 is 0 Å². The summed E-state index contributed by atoms with van der Waals surface area (Å²) in [6.45, 7) is 8.12. The van der Waals surface area contributed by atoms with Crippen LogP contribution in [0.5, 0.6) is 0 Å². The number of aromatic nitrogens is 3. The Hall–Kier alpha value is -2.68. The highest BCUT2D eigenvalue weighted by Crippen LogP contribution is 2.20. The van der Waals surface area contributed by atoms with Gasteiger partial charge in [0.2, 0.25) is 0 Å². The summed E-state index contributed by atoms with van der Waals surface area (Å²) in [7, 11) is 0. The molecule has 2 fully saturated rings. The first-order valence-electron chi connectivity index (χ1n) is 8.97. The molecule has 0 bridgehead atoms. The molecule has 0 unspecified atom stereocenters. The summed E-state index contributed by atoms with van der Waals surface area (Å²) in [6.07, 6.45) is 1.75. The molecule has 0 saturated carbocycles. The third-order valence-corrected chi connectivity index (χ3v) is 4.78. The van der Waals surface area contributed by atoms with Gasteiger partial charge in [-0.15, -0.1) is 0 Å². The summed E-state index contributed by atoms with van der Waals surface area (Å²) >= 11 is 0. The number of rotatable bonds is 2. The number of carbonyl (C=O) groups is 1. The van der Waals surface area contributed by atoms with Crippen LogP contribution < -0.4 is 10.2 Å². The topological polar surface area (TPSA) is 90.6 Å². The van der Waals surface area contributed by atoms with Crippen molar-refractivity contribution < 1.29 is 9.32 Å². The van der Waals surface area contributed by atoms with E-state index in [0.717, 1.165) is 63.7 Å². The molecule has 0 spiro atoms. The third kappa shape index (κ3) is 3.48. The van der Waals surface area contributed by atoms with Crippen molar-refractivity contribution in [3.63, 3.8) is 0 Å². The zero-order chi connectivity index (χ0) is 17.9. The quantitative estimate of drug-likeness (QED) is 0.841. The Morgan fingerprint density at radius 3 is 2.42 bits per heavy atom. The fourth-order valence-corrected chi connectivity index (χ4v) is 3.30. The molecular weight excluding hydrogens is 334 g/mol. The molecule has 0 aromatic carbocycles. The van der Waals surface area contributed by atoms with E-state index in [4.69, 9.17) is 4.52 Å². The van der Waals surface area contributed by atoms with Gasteiger partial charge in [0.15, 0.2) is 5.82 Å². The molecule has 0 radical (unpaired) electrons. The number of pyridine rings is 1. The Morgan fingerprint density at radius 1 is 1.08 bits per heavy atom. The number of hydrogen-bond acceptors (Lipinski definition) is 7. The predicted molar refractivity (Wildman–Crippen MR) is 95.9 cm³/mol. The number of anilines is 1. The lowest BCUT2D eigenvalue weighted by Crippen LogP contribution is -2.56. The lowest BCUT2D eigenvalue weighted by atomic mass is 10.2. The van der Waals surface area contributed by atoms with Crippen molar-refractivity contribution in [3.05, 3.63) is 24.2 Å². The van der Waals surface area contributed by atoms with Gasteiger partial charge < -0.3 is 24.5 Å². The van der Waals surface area contributed by atoms with Crippen LogP contribution in [0, 0.1) is 6.92 Å². The summed E-state index contributed by atoms with van der Waals surface area (Å²) in [5.41, 5.74) is 0.807. The molecule has 2 aliphatic rings. The van der Waals surface area contributed by atoms with E-state index in [2.05, 4.69) is 25.3 Å². The van der Waals surface area contributed by atoms with Crippen molar-refractivity contribution in [1.82, 2.24) is 30.2 Å². The van der Waals surface area contributed by atoms with Gasteiger partial charge in [-0.25, -0.2) is 9.78 Å². The minimum absolute atomic E-state index is 0.154. The number of amides is 2. The maximum absolute atomic E-state index is 12.6. The molecule has 4 rings (SSSR count). The van der Waals surface area contributed by atoms with Gasteiger partial charge in [0.05, 0.1) is 5.56 Å². The van der Waals surface area contributed by atoms with Crippen LogP contribution in [0.25, 0.3) is 11.5 Å². The van der Waals surface area contributed by atoms with Crippen molar-refractivity contribution in [1.29, 1.82) is 0 Å². The summed E-state index contributed by atoms with van der Waals surface area (Å²) in [6, 6.07) is 4.05. The molecule has 1 N–H and O–H groups in total. The van der Waals surface area contributed by atoms with E-state index in [1.807, 2.05) is 21.9 Å². The van der Waals surface area contributed by atoms with Crippen molar-refractivity contribution in [2.24, 2.45) is 0 Å². The average Bonchev–Trinajstić information content (AvgIpc) is 3.15. The van der Waals surface area contributed by atoms with Crippen LogP contribution in [-0.4, -0.2) is 83.3 Å². The second kappa shape index (κ2) is 7.28. The van der Waals surface area contributed by atoms with Crippen molar-refractivity contribution in [2.75, 3.05) is 57.3 Å². The highest BCUT2D eigenvalue weighted by Gasteiger charge is 2.26. The predicted octanol–water partition coefficient (Wildman–Crippen LogP) is 0.587. The summed E-state index contributed by atoms with van der Waals surface area (Å²) in [4.78, 5) is 27.4. The monoisotopic (exact) mass is 357 g/mol. The Bertz CT molecular complexity index is 747. The molecule has 2 saturated heterocycles. The van der Waals surface area contributed by atoms with Crippen molar-refractivity contribution in [2.45, 2.75) is 6.92 Å². The molecule has 2 amide bonds. The summed E-state index contributed by atoms with van der Waals surface area (Å²) in [5, 5.41) is 7.07. The van der Waals surface area contributed by atoms with Crippen LogP contribution in [0.15, 0.2) is 22.9 Å². The molecular formula is C17H23N7O2. The van der Waals surface area contributed by atoms with Crippen LogP contribution in [0.4, 0.5) is 10.6 Å². The van der Waals surface area contributed by atoms with Gasteiger partial charge in [-0.2, -0.15) is 4.98 Å². The standard InChI is InChI=1S/C17H23N7O2/c1-13-20-16(26-21-13)14-2-3-15(19-12-14)22-8-10-24(11-9-22)17(25)23-6-4-18-5-7-23/h2-3,12,18H,4-11H2,1H3. The SMILES string of the molecule is Cc1noc(-c2ccc(N3CCN(C(=O)N4CCNCC4)CC3)nc2)n1. The maximum atomic E-state index is 12.6. The largest absolute Gasteiger partial charge is 0.353 e. The van der Waals surface area contributed by atoms with Crippen molar-refractivity contribution >= 4 is 11.8 Å². The fourth-order valence-electron chi connectivity index (χ4n) is 3.30. The first kappa shape index (κ1) is 16.8. The van der Waals surface area contributed by atoms with Gasteiger partial charge in [0.1, 0.15) is 5.82 Å². The molecule has 138 valence electrons. The fraction of sp³-hybridized carbons (Fsp3) is 0.529. The van der Waals surface area contributed by atoms with E-state index < -0.39 is 0 Å². The number of aryl methyl sites for hydroxylation is 1. The minimum atomic E-state index is 0.154. The van der Waals surface area contributed by atoms with Gasteiger partial charge in [0.25, 0.3) is 5.89 Å². The van der Waals surface area contributed by atoms with Crippen LogP contribution >= 0.6 is 0 Å². The Morgan fingerprint density at radius 2 is 1.81 bits per heavy atom. The molecule has 0 atom stereocenters. The Labute approximate surface area is 152 Å². The first-order valence-corrected chi connectivity index (χ1v) is 8.97. The van der Waals surface area contributed by atoms with Gasteiger partial charge in [0, 0.05) is 58.6 Å². The normalized spacial score (nSPS) is 18.3. The maximum Gasteiger partial charge on any atom is 0.320 e. The zero-order valence-electron chi connectivity index (χ0n) is 14.9. The minimum Gasteiger partial charge on any atom is -0.353 e. The van der Waals surface area contributed by atoms with Crippen LogP contribution in [0.3, 0.4) is 0 Å². The van der Waals surface area contributed by atoms with E-state index in [9.17, 15) is 4.79 Å². The molecule has 26 heavy (non-hydrogen) atoms. The van der Waals surface area contributed by atoms with E-state index in [-0.39, 0.29) is 6.03 Å². The van der Waals surface area contributed by atoms with Gasteiger partial charge >= 0.3 is 6.03 Å². The van der Waals surface area contributed by atoms with Crippen molar-refractivity contribution in [3.8, 4) is 11.5 Å². The average molecular weight is 357 g/mol. The number of urea groups is 1. The summed E-state index contributed by atoms with van der Waals surface area (Å²) < 4.78 is 5.17. The molecule has 9 nitrogen and oxygen atoms in total. The van der Waals surface area contributed by atoms with Gasteiger partial charge in [-0.1, -0.05) is 5.16 Å². The number of piperazine rings is 2. The van der Waals surface area contributed by atoms with E-state index in [0.29, 0.717) is 11.7 Å². The van der Waals surface area contributed by atoms with Gasteiger partial charge in [-0.05, 0) is 19.1 Å². The van der Waals surface area contributed by atoms with Crippen LogP contribution in [0.2, 0.25) is 0 Å². The molecule has 2 aromatic heterocycles. The van der Waals surface area contributed by atoms with Gasteiger partial charge in [-0.3, -0.25) is 0 Å².